The minimum absolute atomic E-state index is 0. The van der Waals surface area contributed by atoms with E-state index in [9.17, 15) is 0 Å². The third-order valence-corrected chi connectivity index (χ3v) is 5.44. The highest BCUT2D eigenvalue weighted by Crippen LogP contribution is 2.33. The van der Waals surface area contributed by atoms with Gasteiger partial charge in [0.25, 0.3) is 0 Å². The van der Waals surface area contributed by atoms with E-state index >= 15 is 0 Å². The van der Waals surface area contributed by atoms with Crippen LogP contribution in [0, 0.1) is 0 Å². The fourth-order valence-electron chi connectivity index (χ4n) is 3.96. The third kappa shape index (κ3) is 5.92. The van der Waals surface area contributed by atoms with Crippen LogP contribution in [0.25, 0.3) is 0 Å². The molecule has 162 valence electrons. The molecule has 3 atom stereocenters. The fraction of sp³-hybridized carbons (Fsp3) is 0.619. The Kier molecular flexibility index (Phi) is 9.36. The number of hydrogen-bond acceptors (Lipinski definition) is 6. The van der Waals surface area contributed by atoms with Crippen molar-refractivity contribution in [1.82, 2.24) is 14.8 Å². The highest BCUT2D eigenvalue weighted by Gasteiger charge is 2.32. The third-order valence-electron chi connectivity index (χ3n) is 5.44. The average molecular weight is 425 g/mol. The molecule has 0 bridgehead atoms. The zero-order valence-electron chi connectivity index (χ0n) is 17.5. The number of hydrogen-bond donors (Lipinski definition) is 1. The summed E-state index contributed by atoms with van der Waals surface area (Å²) < 4.78 is 18.5. The Morgan fingerprint density at radius 1 is 1.21 bits per heavy atom. The number of rotatable bonds is 9. The molecule has 0 spiro atoms. The topological polar surface area (TPSA) is 84.4 Å². The van der Waals surface area contributed by atoms with Gasteiger partial charge in [-0.25, -0.2) is 9.67 Å². The molecular weight excluding hydrogens is 392 g/mol. The Balaban J connectivity index is 0.00000300. The van der Waals surface area contributed by atoms with Gasteiger partial charge >= 0.3 is 0 Å². The van der Waals surface area contributed by atoms with Crippen LogP contribution in [0.2, 0.25) is 0 Å². The molecule has 1 aliphatic rings. The number of methoxy groups -OCH3 is 2. The summed E-state index contributed by atoms with van der Waals surface area (Å²) in [5, 5.41) is 4.79. The Hall–Kier alpha value is -1.67. The van der Waals surface area contributed by atoms with Gasteiger partial charge in [0.1, 0.15) is 11.6 Å². The molecule has 2 aromatic rings. The van der Waals surface area contributed by atoms with Gasteiger partial charge in [0.05, 0.1) is 26.4 Å². The Bertz CT molecular complexity index is 755. The summed E-state index contributed by atoms with van der Waals surface area (Å²) in [6.45, 7) is 4.02. The standard InChI is InChI=1S/C21H32N4O3.ClH/c1-4-28-12-11-25-21(16-9-10-19(27-3)17(22)13-16)23-20(24-25)14-15-7-5-6-8-18(15)26-2;/h5-8,16-17,19H,4,9-14,22H2,1-3H3;1H/t16-,17+,19+;/m0./s1. The van der Waals surface area contributed by atoms with E-state index in [1.165, 1.54) is 0 Å². The van der Waals surface area contributed by atoms with Crippen LogP contribution in [0.3, 0.4) is 0 Å². The summed E-state index contributed by atoms with van der Waals surface area (Å²) in [7, 11) is 3.43. The molecule has 1 aromatic heterocycles. The van der Waals surface area contributed by atoms with Crippen molar-refractivity contribution in [1.29, 1.82) is 0 Å². The molecule has 29 heavy (non-hydrogen) atoms. The van der Waals surface area contributed by atoms with Gasteiger partial charge in [-0.15, -0.1) is 12.4 Å². The predicted octanol–water partition coefficient (Wildman–Crippen LogP) is 2.95. The quantitative estimate of drug-likeness (QED) is 0.623. The summed E-state index contributed by atoms with van der Waals surface area (Å²) >= 11 is 0. The molecular formula is C21H33ClN4O3. The first-order chi connectivity index (χ1) is 13.7. The zero-order chi connectivity index (χ0) is 19.9. The van der Waals surface area contributed by atoms with Crippen LogP contribution < -0.4 is 10.5 Å². The molecule has 0 aliphatic heterocycles. The molecule has 0 saturated heterocycles. The Morgan fingerprint density at radius 2 is 2.00 bits per heavy atom. The summed E-state index contributed by atoms with van der Waals surface area (Å²) in [6.07, 6.45) is 3.58. The lowest BCUT2D eigenvalue weighted by Crippen LogP contribution is -2.41. The van der Waals surface area contributed by atoms with Gasteiger partial charge in [-0.1, -0.05) is 18.2 Å². The number of para-hydroxylation sites is 1. The Labute approximate surface area is 179 Å². The highest BCUT2D eigenvalue weighted by molar-refractivity contribution is 5.85. The smallest absolute Gasteiger partial charge is 0.155 e. The number of nitrogens with zero attached hydrogens (tertiary/aromatic N) is 3. The van der Waals surface area contributed by atoms with Crippen LogP contribution in [-0.4, -0.2) is 54.3 Å². The van der Waals surface area contributed by atoms with Crippen molar-refractivity contribution in [2.75, 3.05) is 27.4 Å². The molecule has 3 rings (SSSR count). The van der Waals surface area contributed by atoms with Crippen molar-refractivity contribution in [3.8, 4) is 5.75 Å². The van der Waals surface area contributed by atoms with Crippen molar-refractivity contribution < 1.29 is 14.2 Å². The zero-order valence-corrected chi connectivity index (χ0v) is 18.4. The second-order valence-electron chi connectivity index (χ2n) is 7.24. The molecule has 1 saturated carbocycles. The van der Waals surface area contributed by atoms with Crippen molar-refractivity contribution in [2.24, 2.45) is 5.73 Å². The van der Waals surface area contributed by atoms with Crippen molar-refractivity contribution >= 4 is 12.4 Å². The van der Waals surface area contributed by atoms with Crippen molar-refractivity contribution in [3.63, 3.8) is 0 Å². The minimum atomic E-state index is 0. The van der Waals surface area contributed by atoms with Crippen LogP contribution in [0.4, 0.5) is 0 Å². The number of nitrogens with two attached hydrogens (primary N) is 1. The van der Waals surface area contributed by atoms with Crippen LogP contribution in [0.1, 0.15) is 49.3 Å². The SMILES string of the molecule is CCOCCn1nc(Cc2ccccc2OC)nc1[C@H]1CC[C@@H](OC)[C@H](N)C1.Cl. The van der Waals surface area contributed by atoms with Crippen LogP contribution in [0.15, 0.2) is 24.3 Å². The molecule has 1 heterocycles. The van der Waals surface area contributed by atoms with Crippen LogP contribution in [-0.2, 0) is 22.4 Å². The van der Waals surface area contributed by atoms with Crippen LogP contribution in [0.5, 0.6) is 5.75 Å². The molecule has 7 nitrogen and oxygen atoms in total. The minimum Gasteiger partial charge on any atom is -0.496 e. The first kappa shape index (κ1) is 23.6. The average Bonchev–Trinajstić information content (AvgIpc) is 3.11. The maximum atomic E-state index is 6.33. The lowest BCUT2D eigenvalue weighted by molar-refractivity contribution is 0.0477. The summed E-state index contributed by atoms with van der Waals surface area (Å²) in [5.41, 5.74) is 7.42. The van der Waals surface area contributed by atoms with Crippen LogP contribution >= 0.6 is 12.4 Å². The Morgan fingerprint density at radius 3 is 2.69 bits per heavy atom. The van der Waals surface area contributed by atoms with Gasteiger partial charge in [-0.05, 0) is 32.3 Å². The van der Waals surface area contributed by atoms with E-state index in [0.717, 1.165) is 42.2 Å². The van der Waals surface area contributed by atoms with Crippen molar-refractivity contribution in [2.45, 2.75) is 57.2 Å². The molecule has 0 radical (unpaired) electrons. The summed E-state index contributed by atoms with van der Waals surface area (Å²) in [4.78, 5) is 4.91. The largest absolute Gasteiger partial charge is 0.496 e. The lowest BCUT2D eigenvalue weighted by atomic mass is 9.83. The van der Waals surface area contributed by atoms with E-state index in [2.05, 4.69) is 6.07 Å². The normalized spacial score (nSPS) is 21.6. The number of benzene rings is 1. The van der Waals surface area contributed by atoms with E-state index in [4.69, 9.17) is 30.0 Å². The number of ether oxygens (including phenoxy) is 3. The second kappa shape index (κ2) is 11.5. The van der Waals surface area contributed by atoms with Gasteiger partial charge in [0.15, 0.2) is 5.82 Å². The van der Waals surface area contributed by atoms with Gasteiger partial charge in [0.2, 0.25) is 0 Å². The summed E-state index contributed by atoms with van der Waals surface area (Å²) in [5.74, 6) is 2.97. The van der Waals surface area contributed by atoms with E-state index in [1.807, 2.05) is 29.8 Å². The molecule has 8 heteroatoms. The van der Waals surface area contributed by atoms with Crippen molar-refractivity contribution in [3.05, 3.63) is 41.5 Å². The fourth-order valence-corrected chi connectivity index (χ4v) is 3.96. The second-order valence-corrected chi connectivity index (χ2v) is 7.24. The van der Waals surface area contributed by atoms with Gasteiger partial charge in [0, 0.05) is 37.7 Å². The van der Waals surface area contributed by atoms with Gasteiger partial charge in [-0.2, -0.15) is 5.10 Å². The highest BCUT2D eigenvalue weighted by atomic mass is 35.5. The first-order valence-electron chi connectivity index (χ1n) is 10.1. The maximum Gasteiger partial charge on any atom is 0.155 e. The van der Waals surface area contributed by atoms with E-state index in [1.54, 1.807) is 14.2 Å². The summed E-state index contributed by atoms with van der Waals surface area (Å²) in [6, 6.07) is 8.03. The molecule has 0 unspecified atom stereocenters. The molecule has 1 aliphatic carbocycles. The predicted molar refractivity (Wildman–Crippen MR) is 115 cm³/mol. The van der Waals surface area contributed by atoms with E-state index in [-0.39, 0.29) is 24.6 Å². The monoisotopic (exact) mass is 424 g/mol. The molecule has 1 fully saturated rings. The number of halogens is 1. The van der Waals surface area contributed by atoms with E-state index < -0.39 is 0 Å². The first-order valence-corrected chi connectivity index (χ1v) is 10.1. The molecule has 2 N–H and O–H groups in total. The van der Waals surface area contributed by atoms with Gasteiger partial charge in [-0.3, -0.25) is 0 Å². The molecule has 1 aromatic carbocycles. The van der Waals surface area contributed by atoms with Gasteiger partial charge < -0.3 is 19.9 Å². The number of aromatic nitrogens is 3. The maximum absolute atomic E-state index is 6.33. The molecule has 0 amide bonds. The van der Waals surface area contributed by atoms with E-state index in [0.29, 0.717) is 32.1 Å². The lowest BCUT2D eigenvalue weighted by Gasteiger charge is -2.32.